The summed E-state index contributed by atoms with van der Waals surface area (Å²) in [6.45, 7) is -0.298. The maximum absolute atomic E-state index is 14.6. The van der Waals surface area contributed by atoms with Gasteiger partial charge in [0.2, 0.25) is 0 Å². The van der Waals surface area contributed by atoms with Crippen molar-refractivity contribution < 1.29 is 31.5 Å². The van der Waals surface area contributed by atoms with Crippen LogP contribution < -0.4 is 9.46 Å². The third-order valence-electron chi connectivity index (χ3n) is 4.59. The number of ether oxygens (including phenoxy) is 2. The van der Waals surface area contributed by atoms with E-state index in [0.717, 1.165) is 12.1 Å². The van der Waals surface area contributed by atoms with E-state index in [-0.39, 0.29) is 34.1 Å². The van der Waals surface area contributed by atoms with Crippen LogP contribution in [0.2, 0.25) is 5.02 Å². The van der Waals surface area contributed by atoms with Gasteiger partial charge < -0.3 is 9.47 Å². The quantitative estimate of drug-likeness (QED) is 0.541. The van der Waals surface area contributed by atoms with Crippen molar-refractivity contribution in [3.05, 3.63) is 70.5 Å². The zero-order chi connectivity index (χ0) is 22.3. The molecule has 2 aromatic carbocycles. The van der Waals surface area contributed by atoms with E-state index in [9.17, 15) is 22.0 Å². The molecule has 31 heavy (non-hydrogen) atoms. The molecule has 0 atom stereocenters. The monoisotopic (exact) mass is 466 g/mol. The zero-order valence-corrected chi connectivity index (χ0v) is 17.4. The Labute approximate surface area is 180 Å². The van der Waals surface area contributed by atoms with Crippen LogP contribution >= 0.6 is 11.6 Å². The van der Waals surface area contributed by atoms with E-state index in [1.807, 2.05) is 0 Å². The highest BCUT2D eigenvalue weighted by molar-refractivity contribution is 7.92. The number of carbonyl (C=O) groups excluding carboxylic acids is 1. The van der Waals surface area contributed by atoms with Crippen LogP contribution in [0.25, 0.3) is 11.1 Å². The fourth-order valence-electron chi connectivity index (χ4n) is 3.15. The summed E-state index contributed by atoms with van der Waals surface area (Å²) in [7, 11) is -3.32. The summed E-state index contributed by atoms with van der Waals surface area (Å²) in [5, 5.41) is -0.172. The molecule has 0 unspecified atom stereocenters. The van der Waals surface area contributed by atoms with Crippen LogP contribution in [-0.4, -0.2) is 26.5 Å². The van der Waals surface area contributed by atoms with E-state index < -0.39 is 38.2 Å². The van der Waals surface area contributed by atoms with Gasteiger partial charge in [0.15, 0.2) is 5.75 Å². The van der Waals surface area contributed by atoms with Crippen molar-refractivity contribution in [2.45, 2.75) is 11.5 Å². The fourth-order valence-corrected chi connectivity index (χ4v) is 4.78. The highest BCUT2D eigenvalue weighted by Crippen LogP contribution is 2.37. The van der Waals surface area contributed by atoms with Gasteiger partial charge in [-0.1, -0.05) is 11.6 Å². The van der Waals surface area contributed by atoms with E-state index >= 15 is 0 Å². The first-order valence-corrected chi connectivity index (χ1v) is 10.6. The molecule has 2 heterocycles. The molecule has 0 aliphatic carbocycles. The number of nitrogens with zero attached hydrogens (tertiary/aromatic N) is 1. The molecule has 160 valence electrons. The SMILES string of the molecule is COc1c(Cl)cc2cc1S(=O)(=O)Nc1cc(c(F)cc1F)-c1ccncc1COC2=O. The molecule has 0 amide bonds. The Morgan fingerprint density at radius 2 is 1.94 bits per heavy atom. The summed E-state index contributed by atoms with van der Waals surface area (Å²) in [6.07, 6.45) is 2.74. The normalized spacial score (nSPS) is 14.8. The number of carbonyl (C=O) groups is 1. The van der Waals surface area contributed by atoms with Crippen molar-refractivity contribution in [2.24, 2.45) is 0 Å². The number of anilines is 1. The molecule has 0 saturated carbocycles. The Morgan fingerprint density at radius 1 is 1.16 bits per heavy atom. The first-order chi connectivity index (χ1) is 14.7. The van der Waals surface area contributed by atoms with Crippen LogP contribution in [-0.2, 0) is 21.4 Å². The number of benzene rings is 2. The summed E-state index contributed by atoms with van der Waals surface area (Å²) in [6, 6.07) is 5.20. The van der Waals surface area contributed by atoms with Crippen LogP contribution in [0.1, 0.15) is 15.9 Å². The number of cyclic esters (lactones) is 1. The summed E-state index contributed by atoms with van der Waals surface area (Å²) in [4.78, 5) is 16.0. The molecule has 1 aliphatic rings. The lowest BCUT2D eigenvalue weighted by Crippen LogP contribution is -2.16. The van der Waals surface area contributed by atoms with Gasteiger partial charge in [-0.15, -0.1) is 0 Å². The van der Waals surface area contributed by atoms with E-state index in [2.05, 4.69) is 9.71 Å². The number of sulfonamides is 1. The predicted octanol–water partition coefficient (Wildman–Crippen LogP) is 4.16. The lowest BCUT2D eigenvalue weighted by Gasteiger charge is -2.15. The second kappa shape index (κ2) is 7.78. The van der Waals surface area contributed by atoms with Gasteiger partial charge in [-0.2, -0.15) is 0 Å². The van der Waals surface area contributed by atoms with Crippen molar-refractivity contribution in [3.8, 4) is 16.9 Å². The number of pyridine rings is 1. The molecule has 4 rings (SSSR count). The lowest BCUT2D eigenvalue weighted by molar-refractivity contribution is 0.0472. The van der Waals surface area contributed by atoms with E-state index in [1.54, 1.807) is 0 Å². The molecule has 1 aliphatic heterocycles. The molecule has 1 N–H and O–H groups in total. The van der Waals surface area contributed by atoms with Gasteiger partial charge in [0.25, 0.3) is 10.0 Å². The number of nitrogens with one attached hydrogen (secondary N) is 1. The largest absolute Gasteiger partial charge is 0.494 e. The molecule has 3 aromatic rings. The second-order valence-electron chi connectivity index (χ2n) is 6.52. The highest BCUT2D eigenvalue weighted by atomic mass is 35.5. The number of fused-ring (bicyclic) bond motifs is 6. The Morgan fingerprint density at radius 3 is 2.68 bits per heavy atom. The number of aromatic nitrogens is 1. The fraction of sp³-hybridized carbons (Fsp3) is 0.100. The number of halogens is 3. The number of hydrogen-bond acceptors (Lipinski definition) is 6. The van der Waals surface area contributed by atoms with Crippen LogP contribution in [0.3, 0.4) is 0 Å². The minimum Gasteiger partial charge on any atom is -0.494 e. The van der Waals surface area contributed by atoms with Crippen molar-refractivity contribution >= 4 is 33.3 Å². The average Bonchev–Trinajstić information content (AvgIpc) is 2.73. The smallest absolute Gasteiger partial charge is 0.338 e. The van der Waals surface area contributed by atoms with Gasteiger partial charge in [0.1, 0.15) is 23.1 Å². The molecule has 11 heteroatoms. The van der Waals surface area contributed by atoms with E-state index in [4.69, 9.17) is 21.1 Å². The Bertz CT molecular complexity index is 1330. The number of esters is 1. The maximum atomic E-state index is 14.6. The Kier molecular flexibility index (Phi) is 5.28. The summed E-state index contributed by atoms with van der Waals surface area (Å²) in [5.41, 5.74) is -0.205. The maximum Gasteiger partial charge on any atom is 0.338 e. The van der Waals surface area contributed by atoms with E-state index in [0.29, 0.717) is 11.6 Å². The van der Waals surface area contributed by atoms with E-state index in [1.165, 1.54) is 31.6 Å². The molecular weight excluding hydrogens is 454 g/mol. The second-order valence-corrected chi connectivity index (χ2v) is 8.57. The van der Waals surface area contributed by atoms with Gasteiger partial charge in [-0.25, -0.2) is 22.0 Å². The Balaban J connectivity index is 2.02. The molecule has 0 fully saturated rings. The molecule has 7 nitrogen and oxygen atoms in total. The molecule has 1 aromatic heterocycles. The lowest BCUT2D eigenvalue weighted by atomic mass is 10.0. The third-order valence-corrected chi connectivity index (χ3v) is 6.24. The molecular formula is C20H13ClF2N2O5S. The predicted molar refractivity (Wildman–Crippen MR) is 108 cm³/mol. The van der Waals surface area contributed by atoms with Gasteiger partial charge >= 0.3 is 5.97 Å². The van der Waals surface area contributed by atoms with Crippen LogP contribution in [0.4, 0.5) is 14.5 Å². The minimum atomic E-state index is -4.50. The van der Waals surface area contributed by atoms with Crippen molar-refractivity contribution in [1.29, 1.82) is 0 Å². The number of methoxy groups -OCH3 is 1. The van der Waals surface area contributed by atoms with Crippen LogP contribution in [0.5, 0.6) is 5.75 Å². The van der Waals surface area contributed by atoms with Crippen molar-refractivity contribution in [3.63, 3.8) is 0 Å². The zero-order valence-electron chi connectivity index (χ0n) is 15.8. The van der Waals surface area contributed by atoms with Gasteiger partial charge in [-0.05, 0) is 29.8 Å². The average molecular weight is 467 g/mol. The van der Waals surface area contributed by atoms with Crippen molar-refractivity contribution in [1.82, 2.24) is 4.98 Å². The molecule has 0 saturated heterocycles. The number of rotatable bonds is 1. The first-order valence-electron chi connectivity index (χ1n) is 8.71. The van der Waals surface area contributed by atoms with Gasteiger partial charge in [0.05, 0.1) is 23.4 Å². The molecule has 0 spiro atoms. The highest BCUT2D eigenvalue weighted by Gasteiger charge is 2.27. The first kappa shape index (κ1) is 21.0. The minimum absolute atomic E-state index is 0.108. The summed E-state index contributed by atoms with van der Waals surface area (Å²) < 4.78 is 67.5. The topological polar surface area (TPSA) is 94.6 Å². The van der Waals surface area contributed by atoms with Crippen LogP contribution in [0, 0.1) is 11.6 Å². The molecule has 4 bridgehead atoms. The van der Waals surface area contributed by atoms with Crippen molar-refractivity contribution in [2.75, 3.05) is 11.8 Å². The Hall–Kier alpha value is -3.24. The number of hydrogen-bond donors (Lipinski definition) is 1. The molecule has 0 radical (unpaired) electrons. The van der Waals surface area contributed by atoms with Gasteiger partial charge in [0, 0.05) is 29.6 Å². The standard InChI is InChI=1S/C20H13ClF2N2O5S/c1-29-19-14(21)4-10-5-18(19)31(27,28)25-17-6-13(15(22)7-16(17)23)12-2-3-24-8-11(12)9-30-20(10)26/h2-8,25H,9H2,1H3. The van der Waals surface area contributed by atoms with Gasteiger partial charge in [-0.3, -0.25) is 9.71 Å². The third kappa shape index (κ3) is 3.79. The van der Waals surface area contributed by atoms with Crippen LogP contribution in [0.15, 0.2) is 47.6 Å². The summed E-state index contributed by atoms with van der Waals surface area (Å²) >= 11 is 6.11. The summed E-state index contributed by atoms with van der Waals surface area (Å²) in [5.74, 6) is -3.21.